The van der Waals surface area contributed by atoms with Crippen LogP contribution in [0.4, 0.5) is 0 Å². The summed E-state index contributed by atoms with van der Waals surface area (Å²) in [6.45, 7) is 0.414. The monoisotopic (exact) mass is 455 g/mol. The summed E-state index contributed by atoms with van der Waals surface area (Å²) < 4.78 is 1.67. The van der Waals surface area contributed by atoms with Crippen LogP contribution in [0.1, 0.15) is 35.6 Å². The van der Waals surface area contributed by atoms with Crippen LogP contribution in [0, 0.1) is 0 Å². The van der Waals surface area contributed by atoms with Crippen molar-refractivity contribution in [3.63, 3.8) is 0 Å². The van der Waals surface area contributed by atoms with Gasteiger partial charge < -0.3 is 5.32 Å². The molecule has 1 aliphatic rings. The maximum atomic E-state index is 13.3. The third-order valence-electron chi connectivity index (χ3n) is 6.05. The molecule has 6 heteroatoms. The number of thioether (sulfide) groups is 1. The molecule has 1 N–H and O–H groups in total. The predicted molar refractivity (Wildman–Crippen MR) is 133 cm³/mol. The van der Waals surface area contributed by atoms with Gasteiger partial charge in [0.25, 0.3) is 5.56 Å². The van der Waals surface area contributed by atoms with Gasteiger partial charge in [-0.15, -0.1) is 0 Å². The van der Waals surface area contributed by atoms with Crippen molar-refractivity contribution in [2.45, 2.75) is 37.0 Å². The summed E-state index contributed by atoms with van der Waals surface area (Å²) in [6, 6.07) is 25.6. The van der Waals surface area contributed by atoms with E-state index in [1.54, 1.807) is 10.6 Å². The van der Waals surface area contributed by atoms with Crippen molar-refractivity contribution in [1.29, 1.82) is 0 Å². The molecule has 166 valence electrons. The number of aromatic nitrogens is 2. The minimum Gasteiger partial charge on any atom is -0.349 e. The summed E-state index contributed by atoms with van der Waals surface area (Å²) in [7, 11) is 0. The fourth-order valence-corrected chi connectivity index (χ4v) is 5.24. The van der Waals surface area contributed by atoms with E-state index in [4.69, 9.17) is 4.98 Å². The highest BCUT2D eigenvalue weighted by Gasteiger charge is 2.22. The Morgan fingerprint density at radius 1 is 1.00 bits per heavy atom. The highest BCUT2D eigenvalue weighted by Crippen LogP contribution is 2.29. The third-order valence-corrected chi connectivity index (χ3v) is 7.02. The lowest BCUT2D eigenvalue weighted by Gasteiger charge is -2.26. The number of rotatable bonds is 6. The Labute approximate surface area is 196 Å². The van der Waals surface area contributed by atoms with Gasteiger partial charge in [0, 0.05) is 0 Å². The Morgan fingerprint density at radius 2 is 1.76 bits per heavy atom. The zero-order valence-electron chi connectivity index (χ0n) is 18.2. The zero-order chi connectivity index (χ0) is 22.6. The molecule has 1 atom stereocenters. The summed E-state index contributed by atoms with van der Waals surface area (Å²) in [6.07, 6.45) is 3.07. The smallest absolute Gasteiger partial charge is 0.262 e. The van der Waals surface area contributed by atoms with E-state index < -0.39 is 0 Å². The van der Waals surface area contributed by atoms with Crippen LogP contribution in [0.2, 0.25) is 0 Å². The molecule has 0 fully saturated rings. The van der Waals surface area contributed by atoms with Gasteiger partial charge in [0.05, 0.1) is 29.2 Å². The first-order chi connectivity index (χ1) is 16.2. The maximum Gasteiger partial charge on any atom is 0.262 e. The molecular weight excluding hydrogens is 430 g/mol. The van der Waals surface area contributed by atoms with E-state index in [1.165, 1.54) is 22.9 Å². The number of benzene rings is 3. The van der Waals surface area contributed by atoms with Gasteiger partial charge in [-0.2, -0.15) is 0 Å². The number of aryl methyl sites for hydroxylation is 1. The average Bonchev–Trinajstić information content (AvgIpc) is 2.86. The van der Waals surface area contributed by atoms with Crippen LogP contribution in [-0.2, 0) is 17.8 Å². The van der Waals surface area contributed by atoms with E-state index in [0.717, 1.165) is 24.8 Å². The van der Waals surface area contributed by atoms with Crippen molar-refractivity contribution in [1.82, 2.24) is 14.9 Å². The van der Waals surface area contributed by atoms with E-state index in [-0.39, 0.29) is 23.3 Å². The number of nitrogens with one attached hydrogen (secondary N) is 1. The highest BCUT2D eigenvalue weighted by atomic mass is 32.2. The van der Waals surface area contributed by atoms with Gasteiger partial charge in [-0.05, 0) is 48.1 Å². The summed E-state index contributed by atoms with van der Waals surface area (Å²) in [5.41, 5.74) is 4.10. The molecule has 33 heavy (non-hydrogen) atoms. The van der Waals surface area contributed by atoms with Gasteiger partial charge in [0.2, 0.25) is 5.91 Å². The van der Waals surface area contributed by atoms with Crippen molar-refractivity contribution >= 4 is 28.6 Å². The SMILES string of the molecule is O=C(CSc1nc2ccccc2c(=O)n1Cc1ccccc1)NC1CCCc2ccccc21. The van der Waals surface area contributed by atoms with Gasteiger partial charge in [-0.3, -0.25) is 14.2 Å². The lowest BCUT2D eigenvalue weighted by atomic mass is 9.88. The first-order valence-electron chi connectivity index (χ1n) is 11.2. The topological polar surface area (TPSA) is 64.0 Å². The number of carbonyl (C=O) groups excluding carboxylic acids is 1. The van der Waals surface area contributed by atoms with Gasteiger partial charge in [0.15, 0.2) is 5.16 Å². The molecule has 4 aromatic rings. The second-order valence-corrected chi connectivity index (χ2v) is 9.23. The predicted octanol–water partition coefficient (Wildman–Crippen LogP) is 4.73. The number of fused-ring (bicyclic) bond motifs is 2. The number of nitrogens with zero attached hydrogens (tertiary/aromatic N) is 2. The second-order valence-electron chi connectivity index (χ2n) is 8.29. The van der Waals surface area contributed by atoms with E-state index in [9.17, 15) is 9.59 Å². The molecular formula is C27H25N3O2S. The summed E-state index contributed by atoms with van der Waals surface area (Å²) in [5, 5.41) is 4.33. The Hall–Kier alpha value is -3.38. The van der Waals surface area contributed by atoms with Crippen molar-refractivity contribution in [2.24, 2.45) is 0 Å². The molecule has 1 unspecified atom stereocenters. The summed E-state index contributed by atoms with van der Waals surface area (Å²) >= 11 is 1.31. The molecule has 5 nitrogen and oxygen atoms in total. The maximum absolute atomic E-state index is 13.3. The number of hydrogen-bond donors (Lipinski definition) is 1. The standard InChI is InChI=1S/C27H25N3O2S/c31-25(28-23-16-8-12-20-11-4-5-13-21(20)23)18-33-27-29-24-15-7-6-14-22(24)26(32)30(27)17-19-9-2-1-3-10-19/h1-7,9-11,13-15,23H,8,12,16-18H2,(H,28,31). The number of carbonyl (C=O) groups is 1. The zero-order valence-corrected chi connectivity index (χ0v) is 19.1. The molecule has 1 aliphatic carbocycles. The first-order valence-corrected chi connectivity index (χ1v) is 12.2. The Balaban J connectivity index is 1.38. The van der Waals surface area contributed by atoms with Crippen LogP contribution >= 0.6 is 11.8 Å². The lowest BCUT2D eigenvalue weighted by molar-refractivity contribution is -0.119. The molecule has 0 bridgehead atoms. The van der Waals surface area contributed by atoms with Gasteiger partial charge >= 0.3 is 0 Å². The molecule has 0 spiro atoms. The highest BCUT2D eigenvalue weighted by molar-refractivity contribution is 7.99. The third kappa shape index (κ3) is 4.71. The molecule has 1 amide bonds. The van der Waals surface area contributed by atoms with Crippen LogP contribution in [-0.4, -0.2) is 21.2 Å². The molecule has 5 rings (SSSR count). The normalized spacial score (nSPS) is 15.2. The molecule has 0 radical (unpaired) electrons. The molecule has 0 saturated heterocycles. The molecule has 1 aromatic heterocycles. The minimum atomic E-state index is -0.0893. The van der Waals surface area contributed by atoms with Crippen molar-refractivity contribution < 1.29 is 4.79 Å². The van der Waals surface area contributed by atoms with Crippen molar-refractivity contribution in [3.05, 3.63) is 106 Å². The second kappa shape index (κ2) is 9.63. The quantitative estimate of drug-likeness (QED) is 0.337. The molecule has 3 aromatic carbocycles. The van der Waals surface area contributed by atoms with Crippen LogP contribution in [0.15, 0.2) is 88.8 Å². The van der Waals surface area contributed by atoms with Crippen LogP contribution in [0.3, 0.4) is 0 Å². The van der Waals surface area contributed by atoms with Crippen LogP contribution < -0.4 is 10.9 Å². The van der Waals surface area contributed by atoms with E-state index >= 15 is 0 Å². The van der Waals surface area contributed by atoms with Crippen molar-refractivity contribution in [3.8, 4) is 0 Å². The molecule has 0 aliphatic heterocycles. The van der Waals surface area contributed by atoms with Gasteiger partial charge in [-0.1, -0.05) is 78.5 Å². The lowest BCUT2D eigenvalue weighted by Crippen LogP contribution is -2.32. The van der Waals surface area contributed by atoms with E-state index in [0.29, 0.717) is 22.6 Å². The summed E-state index contributed by atoms with van der Waals surface area (Å²) in [5.74, 6) is 0.161. The molecule has 0 saturated carbocycles. The average molecular weight is 456 g/mol. The fraction of sp³-hybridized carbons (Fsp3) is 0.222. The first kappa shape index (κ1) is 21.5. The number of hydrogen-bond acceptors (Lipinski definition) is 4. The van der Waals surface area contributed by atoms with E-state index in [2.05, 4.69) is 23.5 Å². The molecule has 1 heterocycles. The van der Waals surface area contributed by atoms with Gasteiger partial charge in [-0.25, -0.2) is 4.98 Å². The summed E-state index contributed by atoms with van der Waals surface area (Å²) in [4.78, 5) is 30.9. The van der Waals surface area contributed by atoms with Crippen molar-refractivity contribution in [2.75, 3.05) is 5.75 Å². The Morgan fingerprint density at radius 3 is 2.64 bits per heavy atom. The fourth-order valence-electron chi connectivity index (χ4n) is 4.43. The Bertz CT molecular complexity index is 1350. The van der Waals surface area contributed by atoms with Crippen LogP contribution in [0.25, 0.3) is 10.9 Å². The number of para-hydroxylation sites is 1. The number of amides is 1. The Kier molecular flexibility index (Phi) is 6.26. The van der Waals surface area contributed by atoms with E-state index in [1.807, 2.05) is 54.6 Å². The van der Waals surface area contributed by atoms with Crippen LogP contribution in [0.5, 0.6) is 0 Å². The van der Waals surface area contributed by atoms with Gasteiger partial charge in [0.1, 0.15) is 0 Å². The largest absolute Gasteiger partial charge is 0.349 e. The minimum absolute atomic E-state index is 0.0409.